The van der Waals surface area contributed by atoms with E-state index in [9.17, 15) is 4.79 Å². The molecule has 0 spiro atoms. The lowest BCUT2D eigenvalue weighted by Crippen LogP contribution is -2.32. The minimum Gasteiger partial charge on any atom is -0.440 e. The summed E-state index contributed by atoms with van der Waals surface area (Å²) in [4.78, 5) is 19.6. The number of rotatable bonds is 4. The van der Waals surface area contributed by atoms with Crippen molar-refractivity contribution >= 4 is 34.5 Å². The second kappa shape index (κ2) is 8.38. The normalized spacial score (nSPS) is 13.3. The molecule has 0 aliphatic heterocycles. The predicted molar refractivity (Wildman–Crippen MR) is 133 cm³/mol. The zero-order valence-electron chi connectivity index (χ0n) is 18.5. The number of benzene rings is 3. The van der Waals surface area contributed by atoms with Gasteiger partial charge in [0.25, 0.3) is 0 Å². The van der Waals surface area contributed by atoms with Crippen LogP contribution in [0.25, 0.3) is 28.0 Å². The van der Waals surface area contributed by atoms with Gasteiger partial charge >= 0.3 is 6.09 Å². The molecule has 1 aromatic heterocycles. The lowest BCUT2D eigenvalue weighted by Gasteiger charge is -2.27. The summed E-state index contributed by atoms with van der Waals surface area (Å²) in [6.45, 7) is 5.70. The molecule has 4 nitrogen and oxygen atoms in total. The first-order valence-corrected chi connectivity index (χ1v) is 11.2. The van der Waals surface area contributed by atoms with Crippen LogP contribution in [0.5, 0.6) is 0 Å². The van der Waals surface area contributed by atoms with Crippen molar-refractivity contribution < 1.29 is 9.53 Å². The molecule has 1 heterocycles. The van der Waals surface area contributed by atoms with Gasteiger partial charge in [-0.15, -0.1) is 0 Å². The Morgan fingerprint density at radius 3 is 2.33 bits per heavy atom. The standard InChI is InChI=1S/C28H23ClN2O2/c1-4-24-26-18(10-9-15-23(26)29)16-25(30-24)17(2)33-28(32)31(3)27-21-13-7-5-11-19(21)20-12-6-8-14-22(20)27/h4-17,27H,1H2,2-3H3/t17-/m0/s1. The van der Waals surface area contributed by atoms with Crippen LogP contribution in [0.4, 0.5) is 4.79 Å². The molecule has 0 bridgehead atoms. The molecule has 0 saturated heterocycles. The molecule has 0 radical (unpaired) electrons. The summed E-state index contributed by atoms with van der Waals surface area (Å²) >= 11 is 6.37. The quantitative estimate of drug-likeness (QED) is 0.322. The molecule has 1 aliphatic rings. The SMILES string of the molecule is C=Cc1nc([C@H](C)OC(=O)N(C)C2c3ccccc3-c3ccccc32)cc2cccc(Cl)c12. The molecule has 1 atom stereocenters. The third kappa shape index (κ3) is 3.57. The number of halogens is 1. The van der Waals surface area contributed by atoms with Gasteiger partial charge in [-0.3, -0.25) is 0 Å². The van der Waals surface area contributed by atoms with Crippen molar-refractivity contribution in [1.82, 2.24) is 9.88 Å². The molecule has 0 unspecified atom stereocenters. The zero-order chi connectivity index (χ0) is 23.1. The molecular weight excluding hydrogens is 432 g/mol. The first-order valence-electron chi connectivity index (χ1n) is 10.8. The Kier molecular flexibility index (Phi) is 5.39. The number of pyridine rings is 1. The van der Waals surface area contributed by atoms with Crippen molar-refractivity contribution in [3.63, 3.8) is 0 Å². The van der Waals surface area contributed by atoms with Crippen molar-refractivity contribution in [3.05, 3.63) is 107 Å². The summed E-state index contributed by atoms with van der Waals surface area (Å²) in [5, 5.41) is 2.38. The van der Waals surface area contributed by atoms with Gasteiger partial charge in [-0.05, 0) is 52.8 Å². The molecule has 5 rings (SSSR count). The average Bonchev–Trinajstić information content (AvgIpc) is 3.17. The van der Waals surface area contributed by atoms with Crippen LogP contribution in [0.3, 0.4) is 0 Å². The summed E-state index contributed by atoms with van der Waals surface area (Å²) in [7, 11) is 1.78. The maximum atomic E-state index is 13.2. The van der Waals surface area contributed by atoms with Crippen LogP contribution in [0, 0.1) is 0 Å². The van der Waals surface area contributed by atoms with E-state index < -0.39 is 12.2 Å². The number of amides is 1. The van der Waals surface area contributed by atoms with E-state index in [0.29, 0.717) is 16.4 Å². The molecule has 1 aliphatic carbocycles. The number of carbonyl (C=O) groups excluding carboxylic acids is 1. The Balaban J connectivity index is 1.44. The predicted octanol–water partition coefficient (Wildman–Crippen LogP) is 7.43. The summed E-state index contributed by atoms with van der Waals surface area (Å²) in [5.74, 6) is 0. The monoisotopic (exact) mass is 454 g/mol. The molecule has 1 amide bonds. The van der Waals surface area contributed by atoms with Crippen molar-refractivity contribution in [2.45, 2.75) is 19.1 Å². The molecule has 0 saturated carbocycles. The third-order valence-corrected chi connectivity index (χ3v) is 6.53. The Bertz CT molecular complexity index is 1350. The topological polar surface area (TPSA) is 42.4 Å². The van der Waals surface area contributed by atoms with E-state index >= 15 is 0 Å². The minimum atomic E-state index is -0.547. The van der Waals surface area contributed by atoms with Crippen LogP contribution in [0.15, 0.2) is 79.4 Å². The van der Waals surface area contributed by atoms with Crippen LogP contribution in [-0.4, -0.2) is 23.0 Å². The summed E-state index contributed by atoms with van der Waals surface area (Å²) in [5.41, 5.74) is 5.80. The van der Waals surface area contributed by atoms with Gasteiger partial charge in [0.15, 0.2) is 0 Å². The van der Waals surface area contributed by atoms with Crippen molar-refractivity contribution in [1.29, 1.82) is 0 Å². The van der Waals surface area contributed by atoms with Gasteiger partial charge in [-0.1, -0.05) is 78.8 Å². The summed E-state index contributed by atoms with van der Waals surface area (Å²) in [6.07, 6.45) is 0.714. The number of nitrogens with zero attached hydrogens (tertiary/aromatic N) is 2. The largest absolute Gasteiger partial charge is 0.440 e. The smallest absolute Gasteiger partial charge is 0.410 e. The van der Waals surface area contributed by atoms with E-state index in [-0.39, 0.29) is 6.04 Å². The Hall–Kier alpha value is -3.63. The van der Waals surface area contributed by atoms with E-state index in [0.717, 1.165) is 33.0 Å². The van der Waals surface area contributed by atoms with Crippen molar-refractivity contribution in [2.24, 2.45) is 0 Å². The first-order chi connectivity index (χ1) is 16.0. The average molecular weight is 455 g/mol. The molecular formula is C28H23ClN2O2. The zero-order valence-corrected chi connectivity index (χ0v) is 19.2. The Labute approximate surface area is 198 Å². The molecule has 3 aromatic carbocycles. The fourth-order valence-corrected chi connectivity index (χ4v) is 4.90. The minimum absolute atomic E-state index is 0.204. The Morgan fingerprint density at radius 1 is 1.06 bits per heavy atom. The number of aromatic nitrogens is 1. The van der Waals surface area contributed by atoms with Gasteiger partial charge in [0, 0.05) is 12.4 Å². The number of carbonyl (C=O) groups is 1. The fraction of sp³-hybridized carbons (Fsp3) is 0.143. The number of fused-ring (bicyclic) bond motifs is 4. The first kappa shape index (κ1) is 21.2. The number of hydrogen-bond acceptors (Lipinski definition) is 3. The van der Waals surface area contributed by atoms with E-state index in [1.807, 2.05) is 55.5 Å². The van der Waals surface area contributed by atoms with Crippen molar-refractivity contribution in [3.8, 4) is 11.1 Å². The third-order valence-electron chi connectivity index (χ3n) is 6.22. The van der Waals surface area contributed by atoms with Gasteiger partial charge in [0.05, 0.1) is 22.5 Å². The Morgan fingerprint density at radius 2 is 1.70 bits per heavy atom. The molecule has 164 valence electrons. The van der Waals surface area contributed by atoms with Crippen LogP contribution < -0.4 is 0 Å². The maximum absolute atomic E-state index is 13.2. The van der Waals surface area contributed by atoms with Crippen LogP contribution in [-0.2, 0) is 4.74 Å². The second-order valence-corrected chi connectivity index (χ2v) is 8.60. The molecule has 4 aromatic rings. The highest BCUT2D eigenvalue weighted by molar-refractivity contribution is 6.36. The van der Waals surface area contributed by atoms with E-state index in [1.165, 1.54) is 0 Å². The lowest BCUT2D eigenvalue weighted by molar-refractivity contribution is 0.0683. The van der Waals surface area contributed by atoms with Gasteiger partial charge in [-0.2, -0.15) is 0 Å². The van der Waals surface area contributed by atoms with Crippen LogP contribution >= 0.6 is 11.6 Å². The van der Waals surface area contributed by atoms with Crippen LogP contribution in [0.2, 0.25) is 5.02 Å². The van der Waals surface area contributed by atoms with Gasteiger partial charge in [0.1, 0.15) is 6.10 Å². The van der Waals surface area contributed by atoms with Crippen LogP contribution in [0.1, 0.15) is 41.6 Å². The molecule has 0 fully saturated rings. The highest BCUT2D eigenvalue weighted by Gasteiger charge is 2.34. The highest BCUT2D eigenvalue weighted by atomic mass is 35.5. The van der Waals surface area contributed by atoms with Gasteiger partial charge in [-0.25, -0.2) is 9.78 Å². The molecule has 33 heavy (non-hydrogen) atoms. The van der Waals surface area contributed by atoms with Crippen molar-refractivity contribution in [2.75, 3.05) is 7.05 Å². The lowest BCUT2D eigenvalue weighted by atomic mass is 10.0. The summed E-state index contributed by atoms with van der Waals surface area (Å²) in [6, 6.07) is 23.8. The second-order valence-electron chi connectivity index (χ2n) is 8.19. The fourth-order valence-electron chi connectivity index (χ4n) is 4.62. The number of hydrogen-bond donors (Lipinski definition) is 0. The molecule has 5 heteroatoms. The van der Waals surface area contributed by atoms with E-state index in [4.69, 9.17) is 16.3 Å². The highest BCUT2D eigenvalue weighted by Crippen LogP contribution is 2.46. The van der Waals surface area contributed by atoms with Gasteiger partial charge < -0.3 is 9.64 Å². The number of ether oxygens (including phenoxy) is 1. The van der Waals surface area contributed by atoms with Gasteiger partial charge in [0.2, 0.25) is 0 Å². The summed E-state index contributed by atoms with van der Waals surface area (Å²) < 4.78 is 5.88. The van der Waals surface area contributed by atoms with E-state index in [2.05, 4.69) is 35.8 Å². The molecule has 0 N–H and O–H groups in total. The maximum Gasteiger partial charge on any atom is 0.410 e. The van der Waals surface area contributed by atoms with E-state index in [1.54, 1.807) is 18.0 Å².